The summed E-state index contributed by atoms with van der Waals surface area (Å²) in [7, 11) is 0. The van der Waals surface area contributed by atoms with Crippen molar-refractivity contribution in [2.75, 3.05) is 5.32 Å². The lowest BCUT2D eigenvalue weighted by atomic mass is 10.2. The third kappa shape index (κ3) is 2.37. The molecule has 6 nitrogen and oxygen atoms in total. The zero-order chi connectivity index (χ0) is 14.8. The Hall–Kier alpha value is -2.72. The molecule has 0 saturated heterocycles. The van der Waals surface area contributed by atoms with Gasteiger partial charge in [0.15, 0.2) is 11.3 Å². The van der Waals surface area contributed by atoms with E-state index in [4.69, 9.17) is 5.26 Å². The Bertz CT molecular complexity index is 880. The van der Waals surface area contributed by atoms with E-state index in [0.717, 1.165) is 0 Å². The van der Waals surface area contributed by atoms with Gasteiger partial charge in [-0.15, -0.1) is 0 Å². The summed E-state index contributed by atoms with van der Waals surface area (Å²) >= 11 is 3.33. The number of nitrogens with zero attached hydrogens (tertiary/aromatic N) is 4. The first-order valence-electron chi connectivity index (χ1n) is 6.00. The first kappa shape index (κ1) is 13.3. The highest BCUT2D eigenvalue weighted by molar-refractivity contribution is 9.10. The van der Waals surface area contributed by atoms with Crippen molar-refractivity contribution >= 4 is 33.2 Å². The number of para-hydroxylation sites is 1. The molecular formula is C14H8BrN5O. The summed E-state index contributed by atoms with van der Waals surface area (Å²) in [5, 5.41) is 15.9. The van der Waals surface area contributed by atoms with Gasteiger partial charge in [0.2, 0.25) is 0 Å². The molecule has 0 atom stereocenters. The van der Waals surface area contributed by atoms with Crippen LogP contribution in [-0.4, -0.2) is 20.5 Å². The number of aromatic nitrogens is 3. The molecule has 0 unspecified atom stereocenters. The number of rotatable bonds is 2. The Kier molecular flexibility index (Phi) is 3.38. The fourth-order valence-corrected chi connectivity index (χ4v) is 2.42. The number of hydrogen-bond donors (Lipinski definition) is 1. The van der Waals surface area contributed by atoms with E-state index in [1.165, 1.54) is 4.52 Å². The summed E-state index contributed by atoms with van der Waals surface area (Å²) in [6.07, 6.45) is 3.32. The predicted molar refractivity (Wildman–Crippen MR) is 79.8 cm³/mol. The monoisotopic (exact) mass is 341 g/mol. The van der Waals surface area contributed by atoms with Crippen LogP contribution in [0.5, 0.6) is 0 Å². The second-order valence-corrected chi connectivity index (χ2v) is 4.95. The molecule has 1 amide bonds. The van der Waals surface area contributed by atoms with Crippen molar-refractivity contribution in [3.8, 4) is 6.07 Å². The number of fused-ring (bicyclic) bond motifs is 1. The van der Waals surface area contributed by atoms with Crippen LogP contribution in [0.3, 0.4) is 0 Å². The lowest BCUT2D eigenvalue weighted by Gasteiger charge is -2.04. The molecule has 0 aliphatic heterocycles. The maximum Gasteiger partial charge on any atom is 0.277 e. The van der Waals surface area contributed by atoms with Crippen molar-refractivity contribution in [2.45, 2.75) is 0 Å². The summed E-state index contributed by atoms with van der Waals surface area (Å²) < 4.78 is 2.02. The summed E-state index contributed by atoms with van der Waals surface area (Å²) in [6, 6.07) is 10.5. The van der Waals surface area contributed by atoms with Crippen LogP contribution >= 0.6 is 15.9 Å². The van der Waals surface area contributed by atoms with Gasteiger partial charge in [0.25, 0.3) is 5.91 Å². The molecule has 102 valence electrons. The van der Waals surface area contributed by atoms with Gasteiger partial charge in [-0.1, -0.05) is 12.1 Å². The van der Waals surface area contributed by atoms with Crippen LogP contribution in [-0.2, 0) is 0 Å². The van der Waals surface area contributed by atoms with Crippen molar-refractivity contribution in [2.24, 2.45) is 0 Å². The van der Waals surface area contributed by atoms with Gasteiger partial charge in [-0.3, -0.25) is 4.79 Å². The number of benzene rings is 1. The van der Waals surface area contributed by atoms with Crippen molar-refractivity contribution in [1.82, 2.24) is 14.6 Å². The highest BCUT2D eigenvalue weighted by Crippen LogP contribution is 2.22. The standard InChI is InChI=1S/C14H8BrN5O/c15-11-12(19-20-7-3-6-17-13(11)20)14(21)18-10-5-2-1-4-9(10)8-16/h1-7H,(H,18,21). The van der Waals surface area contributed by atoms with Crippen molar-refractivity contribution < 1.29 is 4.79 Å². The molecule has 7 heteroatoms. The van der Waals surface area contributed by atoms with Crippen molar-refractivity contribution in [1.29, 1.82) is 5.26 Å². The Morgan fingerprint density at radius 1 is 1.33 bits per heavy atom. The molecule has 0 saturated carbocycles. The predicted octanol–water partition coefficient (Wildman–Crippen LogP) is 2.62. The van der Waals surface area contributed by atoms with Gasteiger partial charge in [-0.25, -0.2) is 9.50 Å². The van der Waals surface area contributed by atoms with Gasteiger partial charge in [0.05, 0.1) is 15.7 Å². The summed E-state index contributed by atoms with van der Waals surface area (Å²) in [5.74, 6) is -0.407. The van der Waals surface area contributed by atoms with Crippen molar-refractivity contribution in [3.05, 3.63) is 58.5 Å². The molecule has 0 aliphatic rings. The largest absolute Gasteiger partial charge is 0.319 e. The lowest BCUT2D eigenvalue weighted by molar-refractivity contribution is 0.102. The van der Waals surface area contributed by atoms with Crippen LogP contribution in [0.25, 0.3) is 5.65 Å². The number of hydrogen-bond acceptors (Lipinski definition) is 4. The first-order valence-corrected chi connectivity index (χ1v) is 6.79. The lowest BCUT2D eigenvalue weighted by Crippen LogP contribution is -2.14. The smallest absolute Gasteiger partial charge is 0.277 e. The summed E-state index contributed by atoms with van der Waals surface area (Å²) in [4.78, 5) is 16.5. The third-order valence-electron chi connectivity index (χ3n) is 2.85. The molecule has 1 aromatic carbocycles. The molecule has 0 spiro atoms. The molecule has 0 aliphatic carbocycles. The molecule has 21 heavy (non-hydrogen) atoms. The van der Waals surface area contributed by atoms with Crippen molar-refractivity contribution in [3.63, 3.8) is 0 Å². The minimum absolute atomic E-state index is 0.210. The van der Waals surface area contributed by atoms with E-state index in [0.29, 0.717) is 21.4 Å². The summed E-state index contributed by atoms with van der Waals surface area (Å²) in [5.41, 5.74) is 1.60. The molecular weight excluding hydrogens is 334 g/mol. The number of carbonyl (C=O) groups is 1. The quantitative estimate of drug-likeness (QED) is 0.776. The average molecular weight is 342 g/mol. The van der Waals surface area contributed by atoms with E-state index in [1.54, 1.807) is 42.7 Å². The Morgan fingerprint density at radius 3 is 2.90 bits per heavy atom. The normalized spacial score (nSPS) is 10.3. The van der Waals surface area contributed by atoms with Gasteiger partial charge < -0.3 is 5.32 Å². The minimum atomic E-state index is -0.407. The molecule has 2 aromatic heterocycles. The van der Waals surface area contributed by atoms with E-state index in [-0.39, 0.29) is 5.69 Å². The number of anilines is 1. The fourth-order valence-electron chi connectivity index (χ4n) is 1.88. The van der Waals surface area contributed by atoms with Gasteiger partial charge in [-0.05, 0) is 34.1 Å². The van der Waals surface area contributed by atoms with E-state index in [2.05, 4.69) is 31.3 Å². The zero-order valence-corrected chi connectivity index (χ0v) is 12.2. The number of nitrogens with one attached hydrogen (secondary N) is 1. The number of amides is 1. The SMILES string of the molecule is N#Cc1ccccc1NC(=O)c1nn2cccnc2c1Br. The van der Waals surface area contributed by atoms with Gasteiger partial charge >= 0.3 is 0 Å². The Labute approximate surface area is 128 Å². The Morgan fingerprint density at radius 2 is 2.14 bits per heavy atom. The second-order valence-electron chi connectivity index (χ2n) is 4.16. The molecule has 2 heterocycles. The number of nitriles is 1. The van der Waals surface area contributed by atoms with Gasteiger partial charge in [0.1, 0.15) is 6.07 Å². The first-order chi connectivity index (χ1) is 10.2. The minimum Gasteiger partial charge on any atom is -0.319 e. The van der Waals surface area contributed by atoms with E-state index < -0.39 is 5.91 Å². The van der Waals surface area contributed by atoms with Crippen LogP contribution in [0.4, 0.5) is 5.69 Å². The van der Waals surface area contributed by atoms with Crippen LogP contribution in [0.2, 0.25) is 0 Å². The molecule has 3 rings (SSSR count). The molecule has 0 bridgehead atoms. The van der Waals surface area contributed by atoms with Crippen LogP contribution < -0.4 is 5.32 Å². The molecule has 0 fully saturated rings. The van der Waals surface area contributed by atoms with E-state index in [9.17, 15) is 4.79 Å². The molecule has 0 radical (unpaired) electrons. The second kappa shape index (κ2) is 5.34. The topological polar surface area (TPSA) is 83.1 Å². The maximum absolute atomic E-state index is 12.3. The van der Waals surface area contributed by atoms with Gasteiger partial charge in [0, 0.05) is 12.4 Å². The highest BCUT2D eigenvalue weighted by Gasteiger charge is 2.19. The fraction of sp³-hybridized carbons (Fsp3) is 0. The van der Waals surface area contributed by atoms with Crippen LogP contribution in [0.15, 0.2) is 47.2 Å². The van der Waals surface area contributed by atoms with E-state index in [1.807, 2.05) is 6.07 Å². The maximum atomic E-state index is 12.3. The van der Waals surface area contributed by atoms with E-state index >= 15 is 0 Å². The number of halogens is 1. The zero-order valence-electron chi connectivity index (χ0n) is 10.6. The molecule has 3 aromatic rings. The molecule has 1 N–H and O–H groups in total. The number of carbonyl (C=O) groups excluding carboxylic acids is 1. The van der Waals surface area contributed by atoms with Crippen LogP contribution in [0, 0.1) is 11.3 Å². The third-order valence-corrected chi connectivity index (χ3v) is 3.58. The van der Waals surface area contributed by atoms with Gasteiger partial charge in [-0.2, -0.15) is 10.4 Å². The summed E-state index contributed by atoms with van der Waals surface area (Å²) in [6.45, 7) is 0. The highest BCUT2D eigenvalue weighted by atomic mass is 79.9. The average Bonchev–Trinajstić information content (AvgIpc) is 2.85. The van der Waals surface area contributed by atoms with Crippen LogP contribution in [0.1, 0.15) is 16.1 Å². The Balaban J connectivity index is 1.98.